The molecule has 0 atom stereocenters. The Morgan fingerprint density at radius 2 is 1.88 bits per heavy atom. The highest BCUT2D eigenvalue weighted by Crippen LogP contribution is 2.23. The van der Waals surface area contributed by atoms with Gasteiger partial charge < -0.3 is 5.73 Å². The average Bonchev–Trinajstić information content (AvgIpc) is 2.32. The molecule has 0 aromatic heterocycles. The van der Waals surface area contributed by atoms with Crippen LogP contribution in [0.4, 0.5) is 0 Å². The molecule has 0 unspecified atom stereocenters. The summed E-state index contributed by atoms with van der Waals surface area (Å²) >= 11 is 0. The van der Waals surface area contributed by atoms with Crippen LogP contribution in [0.5, 0.6) is 0 Å². The molecule has 2 N–H and O–H groups in total. The molecule has 16 heavy (non-hydrogen) atoms. The van der Waals surface area contributed by atoms with Gasteiger partial charge in [0, 0.05) is 0 Å². The maximum absolute atomic E-state index is 5.51. The maximum Gasteiger partial charge on any atom is -0.00772 e. The van der Waals surface area contributed by atoms with E-state index in [-0.39, 0.29) is 0 Å². The zero-order valence-corrected chi connectivity index (χ0v) is 10.7. The molecular weight excluding hydrogens is 194 g/mol. The van der Waals surface area contributed by atoms with E-state index >= 15 is 0 Å². The molecule has 0 fully saturated rings. The van der Waals surface area contributed by atoms with E-state index in [1.165, 1.54) is 36.8 Å². The van der Waals surface area contributed by atoms with Crippen molar-refractivity contribution in [1.29, 1.82) is 0 Å². The second-order valence-electron chi connectivity index (χ2n) is 4.50. The van der Waals surface area contributed by atoms with Gasteiger partial charge in [0.2, 0.25) is 0 Å². The summed E-state index contributed by atoms with van der Waals surface area (Å²) < 4.78 is 0. The van der Waals surface area contributed by atoms with Crippen molar-refractivity contribution in [3.8, 4) is 0 Å². The number of aryl methyl sites for hydroxylation is 1. The van der Waals surface area contributed by atoms with Crippen molar-refractivity contribution < 1.29 is 0 Å². The van der Waals surface area contributed by atoms with E-state index in [9.17, 15) is 0 Å². The number of hydrogen-bond donors (Lipinski definition) is 1. The third-order valence-corrected chi connectivity index (χ3v) is 3.33. The van der Waals surface area contributed by atoms with Gasteiger partial charge in [0.25, 0.3) is 0 Å². The van der Waals surface area contributed by atoms with Crippen LogP contribution in [0.25, 0.3) is 0 Å². The molecule has 0 spiro atoms. The summed E-state index contributed by atoms with van der Waals surface area (Å²) in [6.45, 7) is 5.36. The number of benzene rings is 1. The number of nitrogens with two attached hydrogens (primary N) is 1. The fraction of sp³-hybridized carbons (Fsp3) is 0.600. The monoisotopic (exact) mass is 219 g/mol. The largest absolute Gasteiger partial charge is 0.330 e. The van der Waals surface area contributed by atoms with E-state index in [1.807, 2.05) is 0 Å². The average molecular weight is 219 g/mol. The highest BCUT2D eigenvalue weighted by Gasteiger charge is 2.06. The third kappa shape index (κ3) is 3.97. The molecule has 0 aliphatic carbocycles. The SMILES string of the molecule is CCC(CC)c1cccc(CCCCN)c1. The second kappa shape index (κ2) is 7.45. The first-order chi connectivity index (χ1) is 7.81. The first kappa shape index (κ1) is 13.2. The minimum absolute atomic E-state index is 0.731. The topological polar surface area (TPSA) is 26.0 Å². The fourth-order valence-corrected chi connectivity index (χ4v) is 2.24. The summed E-state index contributed by atoms with van der Waals surface area (Å²) in [5, 5.41) is 0. The fourth-order valence-electron chi connectivity index (χ4n) is 2.24. The summed E-state index contributed by atoms with van der Waals surface area (Å²) in [6.07, 6.45) is 5.99. The highest BCUT2D eigenvalue weighted by atomic mass is 14.5. The smallest absolute Gasteiger partial charge is 0.00772 e. The van der Waals surface area contributed by atoms with Crippen molar-refractivity contribution in [2.75, 3.05) is 6.54 Å². The molecule has 0 bridgehead atoms. The summed E-state index contributed by atoms with van der Waals surface area (Å²) in [7, 11) is 0. The summed E-state index contributed by atoms with van der Waals surface area (Å²) in [5.74, 6) is 0.731. The summed E-state index contributed by atoms with van der Waals surface area (Å²) in [5.41, 5.74) is 8.49. The Morgan fingerprint density at radius 1 is 1.12 bits per heavy atom. The van der Waals surface area contributed by atoms with E-state index in [4.69, 9.17) is 5.73 Å². The Kier molecular flexibility index (Phi) is 6.17. The van der Waals surface area contributed by atoms with Crippen LogP contribution < -0.4 is 5.73 Å². The molecule has 0 radical (unpaired) electrons. The predicted octanol–water partition coefficient (Wildman–Crippen LogP) is 3.87. The van der Waals surface area contributed by atoms with Crippen LogP contribution >= 0.6 is 0 Å². The molecule has 90 valence electrons. The third-order valence-electron chi connectivity index (χ3n) is 3.33. The molecule has 1 aromatic carbocycles. The van der Waals surface area contributed by atoms with Gasteiger partial charge in [-0.25, -0.2) is 0 Å². The van der Waals surface area contributed by atoms with Gasteiger partial charge in [-0.2, -0.15) is 0 Å². The number of unbranched alkanes of at least 4 members (excludes halogenated alkanes) is 1. The molecule has 0 heterocycles. The summed E-state index contributed by atoms with van der Waals surface area (Å²) in [6, 6.07) is 9.09. The van der Waals surface area contributed by atoms with Gasteiger partial charge in [-0.15, -0.1) is 0 Å². The van der Waals surface area contributed by atoms with E-state index in [1.54, 1.807) is 0 Å². The van der Waals surface area contributed by atoms with Crippen molar-refractivity contribution in [2.24, 2.45) is 5.73 Å². The van der Waals surface area contributed by atoms with Crippen molar-refractivity contribution >= 4 is 0 Å². The number of rotatable bonds is 7. The van der Waals surface area contributed by atoms with Gasteiger partial charge in [-0.1, -0.05) is 38.1 Å². The van der Waals surface area contributed by atoms with Gasteiger partial charge in [-0.05, 0) is 55.7 Å². The van der Waals surface area contributed by atoms with Crippen LogP contribution in [0.1, 0.15) is 56.6 Å². The van der Waals surface area contributed by atoms with Crippen molar-refractivity contribution in [2.45, 2.75) is 51.9 Å². The molecule has 0 saturated carbocycles. The maximum atomic E-state index is 5.51. The van der Waals surface area contributed by atoms with Crippen molar-refractivity contribution in [3.63, 3.8) is 0 Å². The van der Waals surface area contributed by atoms with Crippen LogP contribution in [0.15, 0.2) is 24.3 Å². The zero-order chi connectivity index (χ0) is 11.8. The second-order valence-corrected chi connectivity index (χ2v) is 4.50. The van der Waals surface area contributed by atoms with Gasteiger partial charge in [-0.3, -0.25) is 0 Å². The highest BCUT2D eigenvalue weighted by molar-refractivity contribution is 5.26. The van der Waals surface area contributed by atoms with Gasteiger partial charge in [0.1, 0.15) is 0 Å². The van der Waals surface area contributed by atoms with Crippen LogP contribution in [-0.4, -0.2) is 6.54 Å². The molecular formula is C15H25N. The molecule has 0 aliphatic heterocycles. The molecule has 1 aromatic rings. The standard InChI is InChI=1S/C15H25N/c1-3-14(4-2)15-10-7-9-13(12-15)8-5-6-11-16/h7,9-10,12,14H,3-6,8,11,16H2,1-2H3. The Bertz CT molecular complexity index is 289. The normalized spacial score (nSPS) is 11.0. The molecule has 0 saturated heterocycles. The van der Waals surface area contributed by atoms with Crippen LogP contribution in [0, 0.1) is 0 Å². The Hall–Kier alpha value is -0.820. The van der Waals surface area contributed by atoms with E-state index in [2.05, 4.69) is 38.1 Å². The summed E-state index contributed by atoms with van der Waals surface area (Å²) in [4.78, 5) is 0. The molecule has 0 aliphatic rings. The minimum Gasteiger partial charge on any atom is -0.330 e. The van der Waals surface area contributed by atoms with Crippen LogP contribution in [0.2, 0.25) is 0 Å². The Balaban J connectivity index is 2.62. The Labute approximate surface area is 100 Å². The lowest BCUT2D eigenvalue weighted by Crippen LogP contribution is -2.00. The first-order valence-corrected chi connectivity index (χ1v) is 6.60. The molecule has 1 rings (SSSR count). The van der Waals surface area contributed by atoms with Gasteiger partial charge in [0.05, 0.1) is 0 Å². The van der Waals surface area contributed by atoms with Crippen molar-refractivity contribution in [1.82, 2.24) is 0 Å². The lowest BCUT2D eigenvalue weighted by atomic mass is 9.92. The van der Waals surface area contributed by atoms with Crippen molar-refractivity contribution in [3.05, 3.63) is 35.4 Å². The molecule has 1 heteroatoms. The number of hydrogen-bond acceptors (Lipinski definition) is 1. The van der Waals surface area contributed by atoms with Gasteiger partial charge >= 0.3 is 0 Å². The lowest BCUT2D eigenvalue weighted by molar-refractivity contribution is 0.640. The molecule has 0 amide bonds. The quantitative estimate of drug-likeness (QED) is 0.692. The predicted molar refractivity (Wildman–Crippen MR) is 71.8 cm³/mol. The Morgan fingerprint density at radius 3 is 2.50 bits per heavy atom. The van der Waals surface area contributed by atoms with Crippen LogP contribution in [-0.2, 0) is 6.42 Å². The van der Waals surface area contributed by atoms with E-state index < -0.39 is 0 Å². The minimum atomic E-state index is 0.731. The first-order valence-electron chi connectivity index (χ1n) is 6.60. The van der Waals surface area contributed by atoms with E-state index in [0.717, 1.165) is 18.9 Å². The lowest BCUT2D eigenvalue weighted by Gasteiger charge is -2.14. The van der Waals surface area contributed by atoms with Crippen LogP contribution in [0.3, 0.4) is 0 Å². The van der Waals surface area contributed by atoms with Gasteiger partial charge in [0.15, 0.2) is 0 Å². The van der Waals surface area contributed by atoms with E-state index in [0.29, 0.717) is 0 Å². The molecule has 1 nitrogen and oxygen atoms in total. The zero-order valence-electron chi connectivity index (χ0n) is 10.7.